The molecule has 1 rings (SSSR count). The molecule has 5 nitrogen and oxygen atoms in total. The van der Waals surface area contributed by atoms with E-state index in [0.717, 1.165) is 11.3 Å². The first-order valence-corrected chi connectivity index (χ1v) is 8.07. The van der Waals surface area contributed by atoms with E-state index in [1.165, 1.54) is 0 Å². The third-order valence-electron chi connectivity index (χ3n) is 3.01. The number of anilines is 1. The van der Waals surface area contributed by atoms with E-state index < -0.39 is 0 Å². The van der Waals surface area contributed by atoms with Crippen LogP contribution in [0.3, 0.4) is 0 Å². The Labute approximate surface area is 138 Å². The number of carbonyl (C=O) groups excluding carboxylic acids is 2. The van der Waals surface area contributed by atoms with Crippen molar-refractivity contribution in [3.05, 3.63) is 29.8 Å². The molecule has 1 aromatic carbocycles. The van der Waals surface area contributed by atoms with E-state index >= 15 is 0 Å². The summed E-state index contributed by atoms with van der Waals surface area (Å²) in [6, 6.07) is 7.36. The highest BCUT2D eigenvalue weighted by molar-refractivity contribution is 5.90. The summed E-state index contributed by atoms with van der Waals surface area (Å²) < 4.78 is 5.20. The van der Waals surface area contributed by atoms with Crippen molar-refractivity contribution in [2.24, 2.45) is 0 Å². The Hall–Kier alpha value is -1.88. The van der Waals surface area contributed by atoms with Gasteiger partial charge in [0, 0.05) is 30.9 Å². The zero-order valence-corrected chi connectivity index (χ0v) is 14.6. The van der Waals surface area contributed by atoms with Crippen LogP contribution in [0.5, 0.6) is 0 Å². The molecule has 5 heteroatoms. The van der Waals surface area contributed by atoms with Crippen LogP contribution in [0.2, 0.25) is 0 Å². The van der Waals surface area contributed by atoms with Gasteiger partial charge < -0.3 is 15.4 Å². The van der Waals surface area contributed by atoms with Crippen LogP contribution in [0.1, 0.15) is 46.1 Å². The zero-order valence-electron chi connectivity index (χ0n) is 14.6. The maximum atomic E-state index is 11.9. The summed E-state index contributed by atoms with van der Waals surface area (Å²) in [5, 5.41) is 5.77. The number of ether oxygens (including phenoxy) is 1. The van der Waals surface area contributed by atoms with Crippen molar-refractivity contribution >= 4 is 17.5 Å². The van der Waals surface area contributed by atoms with Crippen LogP contribution in [0, 0.1) is 0 Å². The van der Waals surface area contributed by atoms with E-state index in [0.29, 0.717) is 32.5 Å². The number of nitrogens with one attached hydrogen (secondary N) is 2. The first-order chi connectivity index (χ1) is 10.8. The Morgan fingerprint density at radius 3 is 2.30 bits per heavy atom. The second-order valence-corrected chi connectivity index (χ2v) is 6.52. The van der Waals surface area contributed by atoms with Crippen LogP contribution in [0.4, 0.5) is 5.69 Å². The van der Waals surface area contributed by atoms with Crippen LogP contribution in [0.15, 0.2) is 24.3 Å². The number of hydrogen-bond donors (Lipinski definition) is 2. The van der Waals surface area contributed by atoms with Crippen molar-refractivity contribution in [1.29, 1.82) is 0 Å². The molecule has 0 aliphatic heterocycles. The highest BCUT2D eigenvalue weighted by Crippen LogP contribution is 2.11. The molecule has 0 aliphatic carbocycles. The minimum atomic E-state index is -0.230. The number of rotatable bonds is 8. The quantitative estimate of drug-likeness (QED) is 0.724. The lowest BCUT2D eigenvalue weighted by molar-refractivity contribution is -0.121. The Morgan fingerprint density at radius 2 is 1.74 bits per heavy atom. The van der Waals surface area contributed by atoms with Crippen molar-refractivity contribution < 1.29 is 14.3 Å². The fraction of sp³-hybridized carbons (Fsp3) is 0.556. The largest absolute Gasteiger partial charge is 0.382 e. The molecule has 1 aromatic rings. The molecule has 0 aromatic heterocycles. The fourth-order valence-corrected chi connectivity index (χ4v) is 2.06. The molecule has 128 valence electrons. The Balaban J connectivity index is 2.41. The van der Waals surface area contributed by atoms with E-state index in [1.807, 2.05) is 52.0 Å². The summed E-state index contributed by atoms with van der Waals surface area (Å²) in [6.07, 6.45) is 1.49. The van der Waals surface area contributed by atoms with Crippen molar-refractivity contribution in [1.82, 2.24) is 5.32 Å². The molecule has 0 saturated carbocycles. The minimum Gasteiger partial charge on any atom is -0.382 e. The van der Waals surface area contributed by atoms with E-state index in [1.54, 1.807) is 0 Å². The van der Waals surface area contributed by atoms with Crippen molar-refractivity contribution in [3.8, 4) is 0 Å². The summed E-state index contributed by atoms with van der Waals surface area (Å²) in [5.41, 5.74) is 1.43. The highest BCUT2D eigenvalue weighted by atomic mass is 16.5. The van der Waals surface area contributed by atoms with Crippen molar-refractivity contribution in [2.45, 2.75) is 52.5 Å². The van der Waals surface area contributed by atoms with Gasteiger partial charge in [-0.25, -0.2) is 0 Å². The fourth-order valence-electron chi connectivity index (χ4n) is 2.06. The van der Waals surface area contributed by atoms with Gasteiger partial charge in [-0.05, 0) is 51.8 Å². The molecule has 0 saturated heterocycles. The monoisotopic (exact) mass is 320 g/mol. The summed E-state index contributed by atoms with van der Waals surface area (Å²) >= 11 is 0. The second kappa shape index (κ2) is 9.30. The first-order valence-electron chi connectivity index (χ1n) is 8.07. The lowest BCUT2D eigenvalue weighted by Gasteiger charge is -2.20. The minimum absolute atomic E-state index is 0.00907. The molecule has 2 N–H and O–H groups in total. The molecular formula is C18H28N2O3. The molecule has 0 spiro atoms. The lowest BCUT2D eigenvalue weighted by atomic mass is 10.1. The summed E-state index contributed by atoms with van der Waals surface area (Å²) in [4.78, 5) is 23.6. The lowest BCUT2D eigenvalue weighted by Crippen LogP contribution is -2.41. The average Bonchev–Trinajstić information content (AvgIpc) is 2.44. The SMILES string of the molecule is CCOCCCC(=O)Nc1ccc(CC(=O)NC(C)(C)C)cc1. The van der Waals surface area contributed by atoms with Gasteiger partial charge in [-0.15, -0.1) is 0 Å². The first kappa shape index (κ1) is 19.2. The normalized spacial score (nSPS) is 11.1. The predicted octanol–water partition coefficient (Wildman–Crippen LogP) is 2.90. The molecule has 0 bridgehead atoms. The molecule has 0 atom stereocenters. The zero-order chi connectivity index (χ0) is 17.3. The summed E-state index contributed by atoms with van der Waals surface area (Å²) in [6.45, 7) is 9.07. The number of benzene rings is 1. The van der Waals surface area contributed by atoms with Gasteiger partial charge in [0.2, 0.25) is 11.8 Å². The van der Waals surface area contributed by atoms with Crippen LogP contribution in [-0.2, 0) is 20.7 Å². The molecule has 2 amide bonds. The van der Waals surface area contributed by atoms with Gasteiger partial charge in [-0.3, -0.25) is 9.59 Å². The van der Waals surface area contributed by atoms with Gasteiger partial charge >= 0.3 is 0 Å². The molecule has 0 radical (unpaired) electrons. The van der Waals surface area contributed by atoms with Gasteiger partial charge in [0.1, 0.15) is 0 Å². The number of hydrogen-bond acceptors (Lipinski definition) is 3. The predicted molar refractivity (Wildman–Crippen MR) is 92.4 cm³/mol. The van der Waals surface area contributed by atoms with Gasteiger partial charge in [0.25, 0.3) is 0 Å². The topological polar surface area (TPSA) is 67.4 Å². The standard InChI is InChI=1S/C18H28N2O3/c1-5-23-12-6-7-16(21)19-15-10-8-14(9-11-15)13-17(22)20-18(2,3)4/h8-11H,5-7,12-13H2,1-4H3,(H,19,21)(H,20,22). The van der Waals surface area contributed by atoms with Gasteiger partial charge in [-0.1, -0.05) is 12.1 Å². The third kappa shape index (κ3) is 8.98. The maximum absolute atomic E-state index is 11.9. The molecule has 0 aliphatic rings. The van der Waals surface area contributed by atoms with Crippen LogP contribution in [-0.4, -0.2) is 30.6 Å². The van der Waals surface area contributed by atoms with Crippen molar-refractivity contribution in [3.63, 3.8) is 0 Å². The van der Waals surface area contributed by atoms with Crippen molar-refractivity contribution in [2.75, 3.05) is 18.5 Å². The Bertz CT molecular complexity index is 504. The van der Waals surface area contributed by atoms with Gasteiger partial charge in [0.15, 0.2) is 0 Å². The van der Waals surface area contributed by atoms with Gasteiger partial charge in [-0.2, -0.15) is 0 Å². The average molecular weight is 320 g/mol. The smallest absolute Gasteiger partial charge is 0.224 e. The number of amides is 2. The Morgan fingerprint density at radius 1 is 1.09 bits per heavy atom. The van der Waals surface area contributed by atoms with Crippen LogP contribution < -0.4 is 10.6 Å². The van der Waals surface area contributed by atoms with Crippen LogP contribution >= 0.6 is 0 Å². The second-order valence-electron chi connectivity index (χ2n) is 6.52. The molecule has 0 fully saturated rings. The maximum Gasteiger partial charge on any atom is 0.224 e. The molecule has 23 heavy (non-hydrogen) atoms. The van der Waals surface area contributed by atoms with E-state index in [-0.39, 0.29) is 17.4 Å². The summed E-state index contributed by atoms with van der Waals surface area (Å²) in [5.74, 6) is -0.0341. The Kier molecular flexibility index (Phi) is 7.75. The van der Waals surface area contributed by atoms with Crippen LogP contribution in [0.25, 0.3) is 0 Å². The van der Waals surface area contributed by atoms with E-state index in [4.69, 9.17) is 4.74 Å². The van der Waals surface area contributed by atoms with E-state index in [2.05, 4.69) is 10.6 Å². The molecule has 0 heterocycles. The molecular weight excluding hydrogens is 292 g/mol. The van der Waals surface area contributed by atoms with Gasteiger partial charge in [0.05, 0.1) is 6.42 Å². The number of carbonyl (C=O) groups is 2. The summed E-state index contributed by atoms with van der Waals surface area (Å²) in [7, 11) is 0. The highest BCUT2D eigenvalue weighted by Gasteiger charge is 2.13. The molecule has 0 unspecified atom stereocenters. The third-order valence-corrected chi connectivity index (χ3v) is 3.01. The van der Waals surface area contributed by atoms with E-state index in [9.17, 15) is 9.59 Å².